The van der Waals surface area contributed by atoms with Crippen molar-refractivity contribution in [2.45, 2.75) is 64.8 Å². The first kappa shape index (κ1) is 20.0. The number of aryl methyl sites for hydroxylation is 1. The first-order valence-electron chi connectivity index (χ1n) is 9.53. The monoisotopic (exact) mass is 385 g/mol. The van der Waals surface area contributed by atoms with Crippen LogP contribution in [0.25, 0.3) is 0 Å². The third-order valence-electron chi connectivity index (χ3n) is 4.57. The molecule has 1 fully saturated rings. The van der Waals surface area contributed by atoms with Crippen molar-refractivity contribution in [1.82, 2.24) is 4.90 Å². The van der Waals surface area contributed by atoms with Crippen molar-refractivity contribution >= 4 is 12.1 Å². The van der Waals surface area contributed by atoms with E-state index in [-0.39, 0.29) is 12.6 Å². The standard InChI is InChI=1S/C22H27NO5/c1-15-10-13-19(27-15)17-11-12-18(23(17)21(25)28-22(2,3)4)20(24)26-14-16-8-6-5-7-9-16/h5-10,13,17-18H,11-12,14H2,1-4H3/t17-,18-/m0/s1. The van der Waals surface area contributed by atoms with Crippen LogP contribution in [0.1, 0.15) is 56.7 Å². The van der Waals surface area contributed by atoms with E-state index < -0.39 is 23.7 Å². The van der Waals surface area contributed by atoms with E-state index in [1.54, 1.807) is 20.8 Å². The molecule has 2 aromatic rings. The molecule has 3 rings (SSSR count). The van der Waals surface area contributed by atoms with Crippen LogP contribution in [0.3, 0.4) is 0 Å². The van der Waals surface area contributed by atoms with Gasteiger partial charge in [0.1, 0.15) is 29.8 Å². The first-order valence-corrected chi connectivity index (χ1v) is 9.53. The fourth-order valence-electron chi connectivity index (χ4n) is 3.35. The number of nitrogens with zero attached hydrogens (tertiary/aromatic N) is 1. The Balaban J connectivity index is 1.77. The van der Waals surface area contributed by atoms with Gasteiger partial charge >= 0.3 is 12.1 Å². The molecule has 6 heteroatoms. The summed E-state index contributed by atoms with van der Waals surface area (Å²) < 4.78 is 16.8. The molecule has 0 saturated carbocycles. The molecule has 1 saturated heterocycles. The minimum atomic E-state index is -0.700. The summed E-state index contributed by atoms with van der Waals surface area (Å²) >= 11 is 0. The van der Waals surface area contributed by atoms with E-state index in [0.29, 0.717) is 18.6 Å². The van der Waals surface area contributed by atoms with E-state index in [4.69, 9.17) is 13.9 Å². The molecule has 0 N–H and O–H groups in total. The second-order valence-corrected chi connectivity index (χ2v) is 8.04. The number of amides is 1. The van der Waals surface area contributed by atoms with E-state index in [9.17, 15) is 9.59 Å². The lowest BCUT2D eigenvalue weighted by Gasteiger charge is -2.31. The predicted octanol–water partition coefficient (Wildman–Crippen LogP) is 4.77. The topological polar surface area (TPSA) is 69.0 Å². The lowest BCUT2D eigenvalue weighted by atomic mass is 10.1. The SMILES string of the molecule is Cc1ccc([C@@H]2CC[C@@H](C(=O)OCc3ccccc3)N2C(=O)OC(C)(C)C)o1. The Morgan fingerprint density at radius 2 is 1.82 bits per heavy atom. The van der Waals surface area contributed by atoms with Crippen molar-refractivity contribution in [2.75, 3.05) is 0 Å². The van der Waals surface area contributed by atoms with Crippen molar-refractivity contribution in [2.24, 2.45) is 0 Å². The van der Waals surface area contributed by atoms with Crippen molar-refractivity contribution in [3.8, 4) is 0 Å². The van der Waals surface area contributed by atoms with Crippen LogP contribution in [0, 0.1) is 6.92 Å². The van der Waals surface area contributed by atoms with Gasteiger partial charge in [0.05, 0.1) is 6.04 Å². The molecule has 0 radical (unpaired) electrons. The van der Waals surface area contributed by atoms with Gasteiger partial charge in [0.2, 0.25) is 0 Å². The molecular weight excluding hydrogens is 358 g/mol. The van der Waals surface area contributed by atoms with Gasteiger partial charge in [-0.05, 0) is 58.2 Å². The van der Waals surface area contributed by atoms with E-state index in [1.807, 2.05) is 49.4 Å². The number of esters is 1. The number of furan rings is 1. The molecule has 0 aliphatic carbocycles. The molecule has 1 aromatic carbocycles. The van der Waals surface area contributed by atoms with E-state index >= 15 is 0 Å². The minimum absolute atomic E-state index is 0.170. The van der Waals surface area contributed by atoms with Gasteiger partial charge < -0.3 is 13.9 Å². The molecule has 28 heavy (non-hydrogen) atoms. The Morgan fingerprint density at radius 3 is 2.43 bits per heavy atom. The number of carbonyl (C=O) groups is 2. The van der Waals surface area contributed by atoms with Crippen LogP contribution in [0.15, 0.2) is 46.9 Å². The van der Waals surface area contributed by atoms with E-state index in [0.717, 1.165) is 11.3 Å². The molecule has 2 atom stereocenters. The second-order valence-electron chi connectivity index (χ2n) is 8.04. The van der Waals surface area contributed by atoms with Gasteiger partial charge in [-0.25, -0.2) is 9.59 Å². The van der Waals surface area contributed by atoms with Crippen LogP contribution in [0.2, 0.25) is 0 Å². The Kier molecular flexibility index (Phi) is 5.77. The number of rotatable bonds is 4. The van der Waals surface area contributed by atoms with Crippen LogP contribution in [-0.2, 0) is 20.9 Å². The molecule has 0 spiro atoms. The summed E-state index contributed by atoms with van der Waals surface area (Å²) in [6.45, 7) is 7.42. The first-order chi connectivity index (χ1) is 13.2. The highest BCUT2D eigenvalue weighted by Crippen LogP contribution is 2.38. The van der Waals surface area contributed by atoms with Gasteiger partial charge in [-0.2, -0.15) is 0 Å². The van der Waals surface area contributed by atoms with E-state index in [2.05, 4.69) is 0 Å². The molecule has 1 aliphatic heterocycles. The van der Waals surface area contributed by atoms with Crippen LogP contribution >= 0.6 is 0 Å². The predicted molar refractivity (Wildman–Crippen MR) is 104 cm³/mol. The number of benzene rings is 1. The second kappa shape index (κ2) is 8.09. The zero-order chi connectivity index (χ0) is 20.3. The van der Waals surface area contributed by atoms with Gasteiger partial charge in [0.25, 0.3) is 0 Å². The summed E-state index contributed by atoms with van der Waals surface area (Å²) in [5, 5.41) is 0. The van der Waals surface area contributed by atoms with Crippen molar-refractivity contribution < 1.29 is 23.5 Å². The van der Waals surface area contributed by atoms with Gasteiger partial charge in [-0.15, -0.1) is 0 Å². The Morgan fingerprint density at radius 1 is 1.11 bits per heavy atom. The largest absolute Gasteiger partial charge is 0.464 e. The smallest absolute Gasteiger partial charge is 0.411 e. The summed E-state index contributed by atoms with van der Waals surface area (Å²) in [6.07, 6.45) is 0.569. The Labute approximate surface area is 165 Å². The third kappa shape index (κ3) is 4.74. The van der Waals surface area contributed by atoms with Gasteiger partial charge in [-0.3, -0.25) is 4.90 Å². The lowest BCUT2D eigenvalue weighted by molar-refractivity contribution is -0.150. The molecular formula is C22H27NO5. The molecule has 1 aliphatic rings. The third-order valence-corrected chi connectivity index (χ3v) is 4.57. The highest BCUT2D eigenvalue weighted by molar-refractivity contribution is 5.82. The fourth-order valence-corrected chi connectivity index (χ4v) is 3.35. The highest BCUT2D eigenvalue weighted by atomic mass is 16.6. The number of carbonyl (C=O) groups excluding carboxylic acids is 2. The van der Waals surface area contributed by atoms with Gasteiger partial charge in [0, 0.05) is 0 Å². The molecule has 1 amide bonds. The average Bonchev–Trinajstić information content (AvgIpc) is 3.25. The summed E-state index contributed by atoms with van der Waals surface area (Å²) in [7, 11) is 0. The quantitative estimate of drug-likeness (QED) is 0.709. The summed E-state index contributed by atoms with van der Waals surface area (Å²) in [6, 6.07) is 12.1. The molecule has 0 bridgehead atoms. The zero-order valence-corrected chi connectivity index (χ0v) is 16.8. The molecule has 150 valence electrons. The maximum absolute atomic E-state index is 12.9. The van der Waals surface area contributed by atoms with Crippen LogP contribution in [0.4, 0.5) is 4.79 Å². The fraction of sp³-hybridized carbons (Fsp3) is 0.455. The minimum Gasteiger partial charge on any atom is -0.464 e. The van der Waals surface area contributed by atoms with Crippen molar-refractivity contribution in [3.05, 3.63) is 59.5 Å². The van der Waals surface area contributed by atoms with Crippen LogP contribution < -0.4 is 0 Å². The summed E-state index contributed by atoms with van der Waals surface area (Å²) in [5.41, 5.74) is 0.234. The molecule has 6 nitrogen and oxygen atoms in total. The molecule has 1 aromatic heterocycles. The molecule has 0 unspecified atom stereocenters. The van der Waals surface area contributed by atoms with Crippen molar-refractivity contribution in [1.29, 1.82) is 0 Å². The van der Waals surface area contributed by atoms with Crippen LogP contribution in [-0.4, -0.2) is 28.6 Å². The Bertz CT molecular complexity index is 821. The van der Waals surface area contributed by atoms with Gasteiger partial charge in [0.15, 0.2) is 0 Å². The number of likely N-dealkylation sites (tertiary alicyclic amines) is 1. The number of hydrogen-bond acceptors (Lipinski definition) is 5. The average molecular weight is 385 g/mol. The normalized spacial score (nSPS) is 19.5. The van der Waals surface area contributed by atoms with Crippen LogP contribution in [0.5, 0.6) is 0 Å². The number of hydrogen-bond donors (Lipinski definition) is 0. The summed E-state index contributed by atoms with van der Waals surface area (Å²) in [5.74, 6) is 0.983. The lowest BCUT2D eigenvalue weighted by Crippen LogP contribution is -2.45. The summed E-state index contributed by atoms with van der Waals surface area (Å²) in [4.78, 5) is 27.1. The maximum atomic E-state index is 12.9. The Hall–Kier alpha value is -2.76. The maximum Gasteiger partial charge on any atom is 0.411 e. The highest BCUT2D eigenvalue weighted by Gasteiger charge is 2.45. The molecule has 2 heterocycles. The van der Waals surface area contributed by atoms with Crippen molar-refractivity contribution in [3.63, 3.8) is 0 Å². The van der Waals surface area contributed by atoms with E-state index in [1.165, 1.54) is 4.90 Å². The van der Waals surface area contributed by atoms with Gasteiger partial charge in [-0.1, -0.05) is 30.3 Å². The zero-order valence-electron chi connectivity index (χ0n) is 16.8. The number of ether oxygens (including phenoxy) is 2.